The minimum atomic E-state index is -0.523. The molecule has 0 unspecified atom stereocenters. The van der Waals surface area contributed by atoms with Crippen LogP contribution in [0.4, 0.5) is 0 Å². The average molecular weight is 546 g/mol. The normalized spacial score (nSPS) is 12.2. The zero-order valence-electron chi connectivity index (χ0n) is 23.1. The number of likely N-dealkylation sites (N-methyl/N-ethyl adjacent to an activating group) is 1. The second kappa shape index (κ2) is 15.2. The van der Waals surface area contributed by atoms with Crippen LogP contribution in [0.25, 0.3) is 10.8 Å². The maximum absolute atomic E-state index is 13.5. The van der Waals surface area contributed by atoms with E-state index in [0.29, 0.717) is 44.6 Å². The molecule has 3 aromatic carbocycles. The molecular formula is C30H39N7O3. The standard InChI is InChI=1S/C30H39N7O3/c1-21(38)36-27(23-10-4-3-5-11-23)20-37(2)29(40)26(13-8-16-35-30(31)32)33-17-18-34-28(39)25-15-14-22-9-6-7-12-24(22)19-25/h3-7,9-12,14-15,19,26-27,33H,8,13,16-18,20H2,1-2H3,(H,34,39)(H,36,38)(H4,31,32,35)/t26-,27+/m0/s1. The van der Waals surface area contributed by atoms with Crippen molar-refractivity contribution in [3.05, 3.63) is 83.9 Å². The van der Waals surface area contributed by atoms with E-state index in [1.165, 1.54) is 6.92 Å². The summed E-state index contributed by atoms with van der Waals surface area (Å²) in [5.74, 6) is -0.610. The van der Waals surface area contributed by atoms with E-state index in [9.17, 15) is 14.4 Å². The Morgan fingerprint density at radius 3 is 2.30 bits per heavy atom. The Morgan fingerprint density at radius 1 is 0.900 bits per heavy atom. The van der Waals surface area contributed by atoms with E-state index in [2.05, 4.69) is 21.3 Å². The molecule has 40 heavy (non-hydrogen) atoms. The molecule has 0 aliphatic rings. The predicted molar refractivity (Wildman–Crippen MR) is 158 cm³/mol. The highest BCUT2D eigenvalue weighted by Crippen LogP contribution is 2.16. The third-order valence-electron chi connectivity index (χ3n) is 6.51. The minimum absolute atomic E-state index is 0.120. The van der Waals surface area contributed by atoms with Crippen molar-refractivity contribution in [2.75, 3.05) is 33.2 Å². The molecule has 7 N–H and O–H groups in total. The van der Waals surface area contributed by atoms with Gasteiger partial charge >= 0.3 is 0 Å². The number of carbonyl (C=O) groups is 3. The maximum Gasteiger partial charge on any atom is 0.251 e. The van der Waals surface area contributed by atoms with Crippen LogP contribution in [0.15, 0.2) is 72.8 Å². The van der Waals surface area contributed by atoms with Gasteiger partial charge in [0, 0.05) is 45.7 Å². The van der Waals surface area contributed by atoms with Gasteiger partial charge in [0.15, 0.2) is 5.96 Å². The minimum Gasteiger partial charge on any atom is -0.370 e. The number of guanidine groups is 1. The van der Waals surface area contributed by atoms with Crippen LogP contribution >= 0.6 is 0 Å². The second-order valence-electron chi connectivity index (χ2n) is 9.69. The van der Waals surface area contributed by atoms with Gasteiger partial charge in [-0.15, -0.1) is 0 Å². The Hall–Kier alpha value is -4.44. The summed E-state index contributed by atoms with van der Waals surface area (Å²) in [6.07, 6.45) is 1.10. The van der Waals surface area contributed by atoms with Crippen molar-refractivity contribution < 1.29 is 14.4 Å². The molecule has 0 radical (unpaired) electrons. The summed E-state index contributed by atoms with van der Waals surface area (Å²) < 4.78 is 0. The van der Waals surface area contributed by atoms with Crippen LogP contribution in [0.2, 0.25) is 0 Å². The first-order valence-corrected chi connectivity index (χ1v) is 13.4. The molecule has 0 aliphatic heterocycles. The van der Waals surface area contributed by atoms with Gasteiger partial charge in [0.2, 0.25) is 11.8 Å². The molecule has 3 rings (SSSR count). The number of nitrogens with two attached hydrogens (primary N) is 1. The molecule has 0 saturated heterocycles. The Morgan fingerprint density at radius 2 is 1.60 bits per heavy atom. The number of hydrogen-bond donors (Lipinski definition) is 6. The highest BCUT2D eigenvalue weighted by Gasteiger charge is 2.24. The molecule has 10 nitrogen and oxygen atoms in total. The van der Waals surface area contributed by atoms with Gasteiger partial charge in [-0.1, -0.05) is 60.7 Å². The number of benzene rings is 3. The number of rotatable bonds is 14. The van der Waals surface area contributed by atoms with E-state index >= 15 is 0 Å². The van der Waals surface area contributed by atoms with Crippen molar-refractivity contribution in [2.45, 2.75) is 31.8 Å². The van der Waals surface area contributed by atoms with Gasteiger partial charge in [-0.3, -0.25) is 19.8 Å². The predicted octanol–water partition coefficient (Wildman–Crippen LogP) is 2.13. The molecule has 0 spiro atoms. The summed E-state index contributed by atoms with van der Waals surface area (Å²) in [6.45, 7) is 2.93. The summed E-state index contributed by atoms with van der Waals surface area (Å²) in [6, 6.07) is 22.1. The molecule has 2 atom stereocenters. The molecule has 0 aliphatic carbocycles. The first-order valence-electron chi connectivity index (χ1n) is 13.4. The molecular weight excluding hydrogens is 506 g/mol. The fourth-order valence-electron chi connectivity index (χ4n) is 4.49. The number of nitrogens with zero attached hydrogens (tertiary/aromatic N) is 1. The lowest BCUT2D eigenvalue weighted by Gasteiger charge is -2.29. The lowest BCUT2D eigenvalue weighted by molar-refractivity contribution is -0.133. The van der Waals surface area contributed by atoms with Gasteiger partial charge in [-0.25, -0.2) is 0 Å². The van der Waals surface area contributed by atoms with Crippen molar-refractivity contribution in [3.63, 3.8) is 0 Å². The zero-order valence-corrected chi connectivity index (χ0v) is 23.1. The van der Waals surface area contributed by atoms with Crippen LogP contribution in [-0.2, 0) is 9.59 Å². The molecule has 3 aromatic rings. The third-order valence-corrected chi connectivity index (χ3v) is 6.51. The van der Waals surface area contributed by atoms with Crippen LogP contribution in [0.5, 0.6) is 0 Å². The number of carbonyl (C=O) groups excluding carboxylic acids is 3. The molecule has 10 heteroatoms. The lowest BCUT2D eigenvalue weighted by atomic mass is 10.1. The SMILES string of the molecule is CC(=O)N[C@H](CN(C)C(=O)[C@H](CCCNC(=N)N)NCCNC(=O)c1ccc2ccccc2c1)c1ccccc1. The fourth-order valence-corrected chi connectivity index (χ4v) is 4.49. The molecule has 0 heterocycles. The van der Waals surface area contributed by atoms with Crippen molar-refractivity contribution in [1.29, 1.82) is 5.41 Å². The van der Waals surface area contributed by atoms with E-state index in [-0.39, 0.29) is 29.7 Å². The summed E-state index contributed by atoms with van der Waals surface area (Å²) in [5, 5.41) is 21.3. The Labute approximate surface area is 235 Å². The fraction of sp³-hybridized carbons (Fsp3) is 0.333. The largest absolute Gasteiger partial charge is 0.370 e. The van der Waals surface area contributed by atoms with Crippen LogP contribution in [-0.4, -0.2) is 67.8 Å². The van der Waals surface area contributed by atoms with E-state index in [1.807, 2.05) is 66.7 Å². The van der Waals surface area contributed by atoms with Gasteiger partial charge in [-0.05, 0) is 41.3 Å². The molecule has 0 saturated carbocycles. The Balaban J connectivity index is 1.59. The zero-order chi connectivity index (χ0) is 28.9. The van der Waals surface area contributed by atoms with Gasteiger partial charge < -0.3 is 31.9 Å². The Bertz CT molecular complexity index is 1300. The van der Waals surface area contributed by atoms with Crippen LogP contribution in [0.1, 0.15) is 41.7 Å². The van der Waals surface area contributed by atoms with Crippen LogP contribution in [0.3, 0.4) is 0 Å². The van der Waals surface area contributed by atoms with Gasteiger partial charge in [0.1, 0.15) is 0 Å². The lowest BCUT2D eigenvalue weighted by Crippen LogP contribution is -2.49. The molecule has 0 fully saturated rings. The maximum atomic E-state index is 13.5. The van der Waals surface area contributed by atoms with Crippen molar-refractivity contribution >= 4 is 34.5 Å². The van der Waals surface area contributed by atoms with Crippen molar-refractivity contribution in [1.82, 2.24) is 26.2 Å². The number of fused-ring (bicyclic) bond motifs is 1. The highest BCUT2D eigenvalue weighted by molar-refractivity contribution is 5.98. The summed E-state index contributed by atoms with van der Waals surface area (Å²) in [5.41, 5.74) is 6.86. The summed E-state index contributed by atoms with van der Waals surface area (Å²) in [4.78, 5) is 39.6. The third kappa shape index (κ3) is 9.39. The number of hydrogen-bond acceptors (Lipinski definition) is 5. The second-order valence-corrected chi connectivity index (χ2v) is 9.69. The van der Waals surface area contributed by atoms with Crippen LogP contribution in [0, 0.1) is 5.41 Å². The quantitative estimate of drug-likeness (QED) is 0.104. The van der Waals surface area contributed by atoms with E-state index in [1.54, 1.807) is 18.0 Å². The molecule has 212 valence electrons. The Kier molecular flexibility index (Phi) is 11.5. The van der Waals surface area contributed by atoms with Gasteiger partial charge in [0.05, 0.1) is 12.1 Å². The smallest absolute Gasteiger partial charge is 0.251 e. The van der Waals surface area contributed by atoms with E-state index in [4.69, 9.17) is 11.1 Å². The first kappa shape index (κ1) is 30.1. The first-order chi connectivity index (χ1) is 19.2. The summed E-state index contributed by atoms with van der Waals surface area (Å²) >= 11 is 0. The molecule has 0 bridgehead atoms. The summed E-state index contributed by atoms with van der Waals surface area (Å²) in [7, 11) is 1.71. The van der Waals surface area contributed by atoms with Gasteiger partial charge in [-0.2, -0.15) is 0 Å². The van der Waals surface area contributed by atoms with Crippen molar-refractivity contribution in [2.24, 2.45) is 5.73 Å². The molecule has 3 amide bonds. The average Bonchev–Trinajstić information content (AvgIpc) is 2.95. The molecule has 0 aromatic heterocycles. The number of amides is 3. The highest BCUT2D eigenvalue weighted by atomic mass is 16.2. The van der Waals surface area contributed by atoms with Crippen LogP contribution < -0.4 is 27.0 Å². The number of nitrogens with one attached hydrogen (secondary N) is 5. The van der Waals surface area contributed by atoms with Crippen molar-refractivity contribution in [3.8, 4) is 0 Å². The monoisotopic (exact) mass is 545 g/mol. The van der Waals surface area contributed by atoms with Gasteiger partial charge in [0.25, 0.3) is 5.91 Å². The van der Waals surface area contributed by atoms with E-state index in [0.717, 1.165) is 16.3 Å². The topological polar surface area (TPSA) is 152 Å². The van der Waals surface area contributed by atoms with E-state index < -0.39 is 6.04 Å².